The van der Waals surface area contributed by atoms with Crippen molar-refractivity contribution in [2.75, 3.05) is 36.4 Å². The molecule has 8 heteroatoms. The topological polar surface area (TPSA) is 78.4 Å². The molecule has 0 spiro atoms. The molecule has 1 aromatic carbocycles. The van der Waals surface area contributed by atoms with E-state index in [0.717, 1.165) is 6.41 Å². The lowest BCUT2D eigenvalue weighted by Gasteiger charge is -2.32. The van der Waals surface area contributed by atoms with Crippen molar-refractivity contribution >= 4 is 35.4 Å². The molecule has 124 valence electrons. The fourth-order valence-corrected chi connectivity index (χ4v) is 2.53. The van der Waals surface area contributed by atoms with Crippen LogP contribution in [0.15, 0.2) is 36.4 Å². The third-order valence-electron chi connectivity index (χ3n) is 3.77. The van der Waals surface area contributed by atoms with Crippen LogP contribution in [0.2, 0.25) is 5.02 Å². The maximum atomic E-state index is 12.2. The van der Waals surface area contributed by atoms with Crippen LogP contribution < -0.4 is 10.2 Å². The van der Waals surface area contributed by atoms with E-state index in [0.29, 0.717) is 42.7 Å². The Hall–Kier alpha value is -2.67. The zero-order valence-electron chi connectivity index (χ0n) is 12.9. The molecule has 0 atom stereocenters. The van der Waals surface area contributed by atoms with Gasteiger partial charge in [0.15, 0.2) is 11.5 Å². The summed E-state index contributed by atoms with van der Waals surface area (Å²) in [5.74, 6) is 0.366. The van der Waals surface area contributed by atoms with Crippen molar-refractivity contribution in [3.63, 3.8) is 0 Å². The molecule has 1 aliphatic heterocycles. The van der Waals surface area contributed by atoms with Crippen molar-refractivity contribution in [1.82, 2.24) is 15.1 Å². The number of hydrogen-bond acceptors (Lipinski definition) is 5. The van der Waals surface area contributed by atoms with E-state index < -0.39 is 0 Å². The first-order valence-corrected chi connectivity index (χ1v) is 7.88. The van der Waals surface area contributed by atoms with Crippen molar-refractivity contribution in [1.29, 1.82) is 0 Å². The van der Waals surface area contributed by atoms with Crippen LogP contribution in [0.3, 0.4) is 0 Å². The molecule has 0 saturated carbocycles. The maximum absolute atomic E-state index is 12.2. The third-order valence-corrected chi connectivity index (χ3v) is 4.02. The first-order chi connectivity index (χ1) is 11.7. The molecule has 0 aliphatic carbocycles. The van der Waals surface area contributed by atoms with Gasteiger partial charge in [-0.2, -0.15) is 0 Å². The number of benzene rings is 1. The minimum atomic E-state index is -0.331. The summed E-state index contributed by atoms with van der Waals surface area (Å²) in [6.07, 6.45) is 0.854. The lowest BCUT2D eigenvalue weighted by molar-refractivity contribution is -0.118. The molecular formula is C16H16ClN5O2. The zero-order valence-corrected chi connectivity index (χ0v) is 13.6. The van der Waals surface area contributed by atoms with Crippen LogP contribution in [0.4, 0.5) is 11.5 Å². The largest absolute Gasteiger partial charge is 0.352 e. The van der Waals surface area contributed by atoms with E-state index in [4.69, 9.17) is 11.6 Å². The average molecular weight is 346 g/mol. The van der Waals surface area contributed by atoms with Crippen molar-refractivity contribution in [3.05, 3.63) is 47.1 Å². The van der Waals surface area contributed by atoms with Crippen LogP contribution in [0, 0.1) is 0 Å². The smallest absolute Gasteiger partial charge is 0.276 e. The highest BCUT2D eigenvalue weighted by Crippen LogP contribution is 2.15. The van der Waals surface area contributed by atoms with Gasteiger partial charge < -0.3 is 15.1 Å². The highest BCUT2D eigenvalue weighted by molar-refractivity contribution is 6.30. The highest BCUT2D eigenvalue weighted by Gasteiger charge is 2.17. The molecule has 0 radical (unpaired) electrons. The Morgan fingerprint density at radius 2 is 1.75 bits per heavy atom. The van der Waals surface area contributed by atoms with Crippen LogP contribution in [0.25, 0.3) is 0 Å². The van der Waals surface area contributed by atoms with Gasteiger partial charge in [0, 0.05) is 36.9 Å². The standard InChI is InChI=1S/C16H16ClN5O2/c17-12-1-3-13(4-2-12)18-16(24)14-5-6-15(20-19-14)22-9-7-21(11-23)8-10-22/h1-6,11H,7-10H2,(H,18,24). The Morgan fingerprint density at radius 1 is 1.04 bits per heavy atom. The second-order valence-electron chi connectivity index (χ2n) is 5.37. The van der Waals surface area contributed by atoms with Gasteiger partial charge in [0.2, 0.25) is 6.41 Å². The van der Waals surface area contributed by atoms with Crippen molar-refractivity contribution < 1.29 is 9.59 Å². The van der Waals surface area contributed by atoms with E-state index in [1.165, 1.54) is 0 Å². The molecule has 0 unspecified atom stereocenters. The Labute approximate surface area is 144 Å². The Bertz CT molecular complexity index is 712. The second kappa shape index (κ2) is 7.27. The van der Waals surface area contributed by atoms with Crippen LogP contribution in [0.5, 0.6) is 0 Å². The van der Waals surface area contributed by atoms with Gasteiger partial charge in [-0.15, -0.1) is 10.2 Å². The van der Waals surface area contributed by atoms with E-state index in [-0.39, 0.29) is 11.6 Å². The summed E-state index contributed by atoms with van der Waals surface area (Å²) in [6.45, 7) is 2.71. The molecule has 24 heavy (non-hydrogen) atoms. The number of anilines is 2. The summed E-state index contributed by atoms with van der Waals surface area (Å²) in [5.41, 5.74) is 0.875. The molecule has 1 aliphatic rings. The molecule has 3 rings (SSSR count). The SMILES string of the molecule is O=CN1CCN(c2ccc(C(=O)Nc3ccc(Cl)cc3)nn2)CC1. The molecule has 0 bridgehead atoms. The van der Waals surface area contributed by atoms with E-state index in [1.54, 1.807) is 41.3 Å². The molecule has 2 aromatic rings. The van der Waals surface area contributed by atoms with E-state index in [9.17, 15) is 9.59 Å². The normalized spacial score (nSPS) is 14.4. The predicted molar refractivity (Wildman–Crippen MR) is 91.3 cm³/mol. The third kappa shape index (κ3) is 3.80. The van der Waals surface area contributed by atoms with Crippen LogP contribution in [0.1, 0.15) is 10.5 Å². The minimum absolute atomic E-state index is 0.236. The number of amides is 2. The number of carbonyl (C=O) groups excluding carboxylic acids is 2. The molecule has 7 nitrogen and oxygen atoms in total. The lowest BCUT2D eigenvalue weighted by Crippen LogP contribution is -2.46. The fraction of sp³-hybridized carbons (Fsp3) is 0.250. The zero-order chi connectivity index (χ0) is 16.9. The number of halogens is 1. The number of nitrogens with one attached hydrogen (secondary N) is 1. The monoisotopic (exact) mass is 345 g/mol. The summed E-state index contributed by atoms with van der Waals surface area (Å²) in [7, 11) is 0. The molecule has 1 N–H and O–H groups in total. The minimum Gasteiger partial charge on any atom is -0.352 e. The van der Waals surface area contributed by atoms with E-state index >= 15 is 0 Å². The van der Waals surface area contributed by atoms with E-state index in [2.05, 4.69) is 15.5 Å². The lowest BCUT2D eigenvalue weighted by atomic mass is 10.3. The van der Waals surface area contributed by atoms with E-state index in [1.807, 2.05) is 4.90 Å². The van der Waals surface area contributed by atoms with Crippen LogP contribution >= 0.6 is 11.6 Å². The number of piperazine rings is 1. The summed E-state index contributed by atoms with van der Waals surface area (Å²) < 4.78 is 0. The van der Waals surface area contributed by atoms with Crippen molar-refractivity contribution in [3.8, 4) is 0 Å². The first-order valence-electron chi connectivity index (χ1n) is 7.50. The first kappa shape index (κ1) is 16.2. The number of hydrogen-bond donors (Lipinski definition) is 1. The predicted octanol–water partition coefficient (Wildman–Crippen LogP) is 1.66. The highest BCUT2D eigenvalue weighted by atomic mass is 35.5. The summed E-state index contributed by atoms with van der Waals surface area (Å²) in [4.78, 5) is 26.6. The molecule has 1 fully saturated rings. The Morgan fingerprint density at radius 3 is 2.33 bits per heavy atom. The van der Waals surface area contributed by atoms with Gasteiger partial charge in [-0.1, -0.05) is 11.6 Å². The maximum Gasteiger partial charge on any atom is 0.276 e. The van der Waals surface area contributed by atoms with Crippen molar-refractivity contribution in [2.24, 2.45) is 0 Å². The number of carbonyl (C=O) groups is 2. The quantitative estimate of drug-likeness (QED) is 0.853. The summed E-state index contributed by atoms with van der Waals surface area (Å²) in [5, 5.41) is 11.5. The van der Waals surface area contributed by atoms with Gasteiger partial charge in [0.25, 0.3) is 5.91 Å². The fourth-order valence-electron chi connectivity index (χ4n) is 2.40. The molecule has 2 heterocycles. The van der Waals surface area contributed by atoms with Gasteiger partial charge in [-0.05, 0) is 36.4 Å². The van der Waals surface area contributed by atoms with Gasteiger partial charge >= 0.3 is 0 Å². The van der Waals surface area contributed by atoms with Crippen molar-refractivity contribution in [2.45, 2.75) is 0 Å². The van der Waals surface area contributed by atoms with Gasteiger partial charge in [0.05, 0.1) is 0 Å². The second-order valence-corrected chi connectivity index (χ2v) is 5.80. The van der Waals surface area contributed by atoms with Gasteiger partial charge in [-0.25, -0.2) is 0 Å². The summed E-state index contributed by atoms with van der Waals surface area (Å²) in [6, 6.07) is 10.2. The molecular weight excluding hydrogens is 330 g/mol. The Kier molecular flexibility index (Phi) is 4.90. The number of aromatic nitrogens is 2. The van der Waals surface area contributed by atoms with Gasteiger partial charge in [0.1, 0.15) is 0 Å². The van der Waals surface area contributed by atoms with Crippen LogP contribution in [-0.2, 0) is 4.79 Å². The summed E-state index contributed by atoms with van der Waals surface area (Å²) >= 11 is 5.81. The molecule has 2 amide bonds. The average Bonchev–Trinajstić information content (AvgIpc) is 2.64. The van der Waals surface area contributed by atoms with Gasteiger partial charge in [-0.3, -0.25) is 9.59 Å². The molecule has 1 saturated heterocycles. The number of nitrogens with zero attached hydrogens (tertiary/aromatic N) is 4. The number of rotatable bonds is 4. The molecule has 1 aromatic heterocycles. The Balaban J connectivity index is 1.62. The van der Waals surface area contributed by atoms with Crippen LogP contribution in [-0.4, -0.2) is 53.6 Å².